The van der Waals surface area contributed by atoms with E-state index >= 15 is 0 Å². The molecule has 14 heavy (non-hydrogen) atoms. The van der Waals surface area contributed by atoms with Crippen LogP contribution in [0.4, 0.5) is 0 Å². The van der Waals surface area contributed by atoms with Crippen molar-refractivity contribution in [2.75, 3.05) is 13.2 Å². The Kier molecular flexibility index (Phi) is 5.27. The van der Waals surface area contributed by atoms with Gasteiger partial charge in [-0.05, 0) is 25.3 Å². The van der Waals surface area contributed by atoms with E-state index in [2.05, 4.69) is 12.1 Å². The summed E-state index contributed by atoms with van der Waals surface area (Å²) in [4.78, 5) is 0. The van der Waals surface area contributed by atoms with E-state index in [-0.39, 0.29) is 6.04 Å². The van der Waals surface area contributed by atoms with Gasteiger partial charge in [0.15, 0.2) is 0 Å². The van der Waals surface area contributed by atoms with Crippen LogP contribution < -0.4 is 5.73 Å². The minimum Gasteiger partial charge on any atom is -0.382 e. The normalized spacial score (nSPS) is 12.7. The van der Waals surface area contributed by atoms with Crippen LogP contribution >= 0.6 is 0 Å². The first kappa shape index (κ1) is 11.2. The van der Waals surface area contributed by atoms with Crippen molar-refractivity contribution in [3.8, 4) is 0 Å². The van der Waals surface area contributed by atoms with Gasteiger partial charge < -0.3 is 10.5 Å². The molecule has 0 fully saturated rings. The van der Waals surface area contributed by atoms with Crippen molar-refractivity contribution in [1.29, 1.82) is 0 Å². The van der Waals surface area contributed by atoms with Crippen LogP contribution in [-0.2, 0) is 11.2 Å². The molecule has 0 aromatic heterocycles. The van der Waals surface area contributed by atoms with E-state index in [9.17, 15) is 0 Å². The quantitative estimate of drug-likeness (QED) is 0.701. The number of nitrogens with two attached hydrogens (primary N) is 1. The largest absolute Gasteiger partial charge is 0.382 e. The molecule has 1 unspecified atom stereocenters. The number of rotatable bonds is 6. The Balaban J connectivity index is 2.23. The number of ether oxygens (including phenoxy) is 1. The second-order valence-electron chi connectivity index (χ2n) is 3.44. The summed E-state index contributed by atoms with van der Waals surface area (Å²) in [6, 6.07) is 10.6. The Hall–Kier alpha value is -0.860. The zero-order valence-corrected chi connectivity index (χ0v) is 8.78. The molecule has 1 aromatic rings. The zero-order valence-electron chi connectivity index (χ0n) is 8.78. The van der Waals surface area contributed by atoms with E-state index < -0.39 is 0 Å². The molecule has 0 radical (unpaired) electrons. The Morgan fingerprint density at radius 3 is 2.64 bits per heavy atom. The Labute approximate surface area is 86.1 Å². The predicted octanol–water partition coefficient (Wildman–Crippen LogP) is 1.98. The summed E-state index contributed by atoms with van der Waals surface area (Å²) in [6.07, 6.45) is 1.87. The van der Waals surface area contributed by atoms with Crippen molar-refractivity contribution in [3.05, 3.63) is 35.9 Å². The molecule has 0 heterocycles. The van der Waals surface area contributed by atoms with Gasteiger partial charge in [-0.25, -0.2) is 0 Å². The van der Waals surface area contributed by atoms with Crippen LogP contribution in [0, 0.1) is 0 Å². The van der Waals surface area contributed by atoms with Crippen LogP contribution in [0.3, 0.4) is 0 Å². The lowest BCUT2D eigenvalue weighted by molar-refractivity contribution is 0.140. The Bertz CT molecular complexity index is 235. The fraction of sp³-hybridized carbons (Fsp3) is 0.500. The van der Waals surface area contributed by atoms with Crippen LogP contribution in [0.5, 0.6) is 0 Å². The highest BCUT2D eigenvalue weighted by Gasteiger charge is 2.02. The van der Waals surface area contributed by atoms with Gasteiger partial charge in [-0.3, -0.25) is 0 Å². The molecule has 0 saturated heterocycles. The van der Waals surface area contributed by atoms with Gasteiger partial charge in [0, 0.05) is 19.3 Å². The summed E-state index contributed by atoms with van der Waals surface area (Å²) < 4.78 is 5.26. The van der Waals surface area contributed by atoms with Gasteiger partial charge in [-0.15, -0.1) is 0 Å². The molecule has 0 amide bonds. The highest BCUT2D eigenvalue weighted by molar-refractivity contribution is 5.15. The first-order chi connectivity index (χ1) is 6.83. The van der Waals surface area contributed by atoms with Gasteiger partial charge in [0.2, 0.25) is 0 Å². The molecule has 0 saturated carbocycles. The monoisotopic (exact) mass is 193 g/mol. The molecule has 78 valence electrons. The number of benzene rings is 1. The van der Waals surface area contributed by atoms with E-state index in [1.807, 2.05) is 25.1 Å². The molecule has 0 bridgehead atoms. The Morgan fingerprint density at radius 1 is 1.29 bits per heavy atom. The van der Waals surface area contributed by atoms with Crippen molar-refractivity contribution in [2.45, 2.75) is 25.8 Å². The smallest absolute Gasteiger partial charge is 0.0480 e. The van der Waals surface area contributed by atoms with Crippen molar-refractivity contribution in [2.24, 2.45) is 5.73 Å². The van der Waals surface area contributed by atoms with Crippen molar-refractivity contribution in [3.63, 3.8) is 0 Å². The van der Waals surface area contributed by atoms with E-state index in [1.165, 1.54) is 5.56 Å². The molecule has 0 aliphatic carbocycles. The van der Waals surface area contributed by atoms with Crippen molar-refractivity contribution in [1.82, 2.24) is 0 Å². The van der Waals surface area contributed by atoms with Crippen molar-refractivity contribution < 1.29 is 4.74 Å². The van der Waals surface area contributed by atoms with E-state index in [4.69, 9.17) is 10.5 Å². The summed E-state index contributed by atoms with van der Waals surface area (Å²) >= 11 is 0. The molecule has 2 heteroatoms. The fourth-order valence-corrected chi connectivity index (χ4v) is 1.40. The lowest BCUT2D eigenvalue weighted by atomic mass is 10.0. The minimum atomic E-state index is 0.212. The first-order valence-corrected chi connectivity index (χ1v) is 5.20. The molecule has 2 nitrogen and oxygen atoms in total. The van der Waals surface area contributed by atoms with Gasteiger partial charge in [0.1, 0.15) is 0 Å². The molecular formula is C12H19NO. The van der Waals surface area contributed by atoms with E-state index in [0.29, 0.717) is 0 Å². The maximum atomic E-state index is 5.97. The molecule has 1 rings (SSSR count). The maximum Gasteiger partial charge on any atom is 0.0480 e. The SMILES string of the molecule is CCOCCC(N)Cc1ccccc1. The first-order valence-electron chi connectivity index (χ1n) is 5.20. The van der Waals surface area contributed by atoms with Crippen molar-refractivity contribution >= 4 is 0 Å². The van der Waals surface area contributed by atoms with Gasteiger partial charge in [0.05, 0.1) is 0 Å². The maximum absolute atomic E-state index is 5.97. The fourth-order valence-electron chi connectivity index (χ4n) is 1.40. The summed E-state index contributed by atoms with van der Waals surface area (Å²) in [5, 5.41) is 0. The lowest BCUT2D eigenvalue weighted by Crippen LogP contribution is -2.24. The Morgan fingerprint density at radius 2 is 2.00 bits per heavy atom. The van der Waals surface area contributed by atoms with Gasteiger partial charge in [-0.1, -0.05) is 30.3 Å². The molecule has 1 aromatic carbocycles. The molecular weight excluding hydrogens is 174 g/mol. The third-order valence-corrected chi connectivity index (χ3v) is 2.18. The zero-order chi connectivity index (χ0) is 10.2. The van der Waals surface area contributed by atoms with Crippen LogP contribution in [-0.4, -0.2) is 19.3 Å². The molecule has 2 N–H and O–H groups in total. The lowest BCUT2D eigenvalue weighted by Gasteiger charge is -2.11. The summed E-state index contributed by atoms with van der Waals surface area (Å²) in [5.41, 5.74) is 7.27. The molecule has 0 aliphatic heterocycles. The summed E-state index contributed by atoms with van der Waals surface area (Å²) in [5.74, 6) is 0. The minimum absolute atomic E-state index is 0.212. The summed E-state index contributed by atoms with van der Waals surface area (Å²) in [7, 11) is 0. The molecule has 0 aliphatic rings. The van der Waals surface area contributed by atoms with Gasteiger partial charge >= 0.3 is 0 Å². The van der Waals surface area contributed by atoms with Crippen LogP contribution in [0.1, 0.15) is 18.9 Å². The summed E-state index contributed by atoms with van der Waals surface area (Å²) in [6.45, 7) is 3.55. The predicted molar refractivity (Wildman–Crippen MR) is 59.2 cm³/mol. The third-order valence-electron chi connectivity index (χ3n) is 2.18. The molecule has 0 spiro atoms. The van der Waals surface area contributed by atoms with E-state index in [0.717, 1.165) is 26.1 Å². The number of hydrogen-bond acceptors (Lipinski definition) is 2. The van der Waals surface area contributed by atoms with E-state index in [1.54, 1.807) is 0 Å². The highest BCUT2D eigenvalue weighted by atomic mass is 16.5. The second kappa shape index (κ2) is 6.57. The van der Waals surface area contributed by atoms with Crippen LogP contribution in [0.15, 0.2) is 30.3 Å². The third kappa shape index (κ3) is 4.40. The number of hydrogen-bond donors (Lipinski definition) is 1. The topological polar surface area (TPSA) is 35.2 Å². The molecule has 1 atom stereocenters. The average Bonchev–Trinajstić information content (AvgIpc) is 2.20. The van der Waals surface area contributed by atoms with Gasteiger partial charge in [0.25, 0.3) is 0 Å². The average molecular weight is 193 g/mol. The second-order valence-corrected chi connectivity index (χ2v) is 3.44. The van der Waals surface area contributed by atoms with Crippen LogP contribution in [0.2, 0.25) is 0 Å². The highest BCUT2D eigenvalue weighted by Crippen LogP contribution is 2.03. The van der Waals surface area contributed by atoms with Crippen LogP contribution in [0.25, 0.3) is 0 Å². The standard InChI is InChI=1S/C12H19NO/c1-2-14-9-8-12(13)10-11-6-4-3-5-7-11/h3-7,12H,2,8-10,13H2,1H3. The van der Waals surface area contributed by atoms with Gasteiger partial charge in [-0.2, -0.15) is 0 Å².